The third kappa shape index (κ3) is 6.13. The molecule has 1 N–H and O–H groups in total. The molecule has 1 unspecified atom stereocenters. The van der Waals surface area contributed by atoms with Gasteiger partial charge in [-0.3, -0.25) is 4.79 Å². The summed E-state index contributed by atoms with van der Waals surface area (Å²) in [5, 5.41) is 0.619. The molecule has 4 nitrogen and oxygen atoms in total. The Bertz CT molecular complexity index is 1120. The van der Waals surface area contributed by atoms with Gasteiger partial charge in [-0.25, -0.2) is 13.1 Å². The number of hydrogen-bond acceptors (Lipinski definition) is 3. The van der Waals surface area contributed by atoms with Crippen molar-refractivity contribution in [1.29, 1.82) is 0 Å². The van der Waals surface area contributed by atoms with E-state index < -0.39 is 16.1 Å². The average Bonchev–Trinajstić information content (AvgIpc) is 2.74. The van der Waals surface area contributed by atoms with Crippen molar-refractivity contribution in [3.8, 4) is 0 Å². The second-order valence-electron chi connectivity index (χ2n) is 6.95. The number of carbonyl (C=O) groups excluding carboxylic acids is 1. The van der Waals surface area contributed by atoms with Crippen LogP contribution in [0.2, 0.25) is 5.02 Å². The fraction of sp³-hybridized carbons (Fsp3) is 0.125. The lowest BCUT2D eigenvalue weighted by molar-refractivity contribution is -0.114. The van der Waals surface area contributed by atoms with Crippen LogP contribution in [0.4, 0.5) is 0 Å². The van der Waals surface area contributed by atoms with E-state index in [2.05, 4.69) is 4.72 Å². The van der Waals surface area contributed by atoms with Gasteiger partial charge in [0.1, 0.15) is 0 Å². The van der Waals surface area contributed by atoms with Crippen LogP contribution in [0.15, 0.2) is 89.8 Å². The highest BCUT2D eigenvalue weighted by Gasteiger charge is 2.23. The maximum absolute atomic E-state index is 12.9. The Morgan fingerprint density at radius 2 is 1.60 bits per heavy atom. The molecular weight excluding hydrogens is 418 g/mol. The van der Waals surface area contributed by atoms with Crippen LogP contribution in [0.25, 0.3) is 6.08 Å². The molecule has 0 fully saturated rings. The van der Waals surface area contributed by atoms with Gasteiger partial charge in [0.2, 0.25) is 10.0 Å². The molecule has 0 aliphatic carbocycles. The molecule has 0 aliphatic rings. The molecule has 0 bridgehead atoms. The monoisotopic (exact) mass is 439 g/mol. The highest BCUT2D eigenvalue weighted by molar-refractivity contribution is 7.89. The minimum atomic E-state index is -3.78. The average molecular weight is 440 g/mol. The van der Waals surface area contributed by atoms with Crippen LogP contribution < -0.4 is 4.72 Å². The van der Waals surface area contributed by atoms with Gasteiger partial charge in [0, 0.05) is 11.4 Å². The van der Waals surface area contributed by atoms with Crippen LogP contribution in [0.5, 0.6) is 0 Å². The van der Waals surface area contributed by atoms with Gasteiger partial charge in [0.25, 0.3) is 0 Å². The van der Waals surface area contributed by atoms with E-state index in [-0.39, 0.29) is 17.1 Å². The molecule has 0 radical (unpaired) electrons. The number of aryl methyl sites for hydroxylation is 1. The molecule has 0 saturated heterocycles. The SMILES string of the molecule is Cc1ccc(S(=O)(=O)NC(CC(=O)/C=C/c2ccc(Cl)cc2)c2ccccc2)cc1. The number of benzene rings is 3. The summed E-state index contributed by atoms with van der Waals surface area (Å²) >= 11 is 5.88. The van der Waals surface area contributed by atoms with Crippen molar-refractivity contribution in [3.05, 3.63) is 107 Å². The normalized spacial score (nSPS) is 12.7. The number of rotatable bonds is 8. The van der Waals surface area contributed by atoms with Crippen molar-refractivity contribution in [1.82, 2.24) is 4.72 Å². The number of hydrogen-bond donors (Lipinski definition) is 1. The minimum Gasteiger partial charge on any atom is -0.295 e. The first-order valence-corrected chi connectivity index (χ1v) is 11.3. The summed E-state index contributed by atoms with van der Waals surface area (Å²) in [5.41, 5.74) is 2.53. The van der Waals surface area contributed by atoms with Gasteiger partial charge >= 0.3 is 0 Å². The Hall–Kier alpha value is -2.73. The highest BCUT2D eigenvalue weighted by atomic mass is 35.5. The summed E-state index contributed by atoms with van der Waals surface area (Å²) in [4.78, 5) is 12.8. The van der Waals surface area contributed by atoms with Crippen LogP contribution in [-0.4, -0.2) is 14.2 Å². The molecule has 30 heavy (non-hydrogen) atoms. The Morgan fingerprint density at radius 1 is 0.967 bits per heavy atom. The van der Waals surface area contributed by atoms with E-state index in [9.17, 15) is 13.2 Å². The Labute approximate surface area is 182 Å². The van der Waals surface area contributed by atoms with Crippen molar-refractivity contribution in [3.63, 3.8) is 0 Å². The van der Waals surface area contributed by atoms with E-state index in [0.717, 1.165) is 16.7 Å². The molecule has 0 spiro atoms. The highest BCUT2D eigenvalue weighted by Crippen LogP contribution is 2.21. The van der Waals surface area contributed by atoms with E-state index >= 15 is 0 Å². The smallest absolute Gasteiger partial charge is 0.241 e. The summed E-state index contributed by atoms with van der Waals surface area (Å²) in [7, 11) is -3.78. The molecule has 6 heteroatoms. The Balaban J connectivity index is 1.80. The first kappa shape index (κ1) is 22.0. The number of carbonyl (C=O) groups is 1. The summed E-state index contributed by atoms with van der Waals surface area (Å²) < 4.78 is 28.4. The Kier molecular flexibility index (Phi) is 7.21. The van der Waals surface area contributed by atoms with Crippen molar-refractivity contribution < 1.29 is 13.2 Å². The van der Waals surface area contributed by atoms with Gasteiger partial charge in [-0.1, -0.05) is 77.8 Å². The molecule has 0 aromatic heterocycles. The second-order valence-corrected chi connectivity index (χ2v) is 9.10. The lowest BCUT2D eigenvalue weighted by atomic mass is 10.0. The summed E-state index contributed by atoms with van der Waals surface area (Å²) in [6.45, 7) is 1.89. The molecule has 3 rings (SSSR count). The number of ketones is 1. The number of nitrogens with one attached hydrogen (secondary N) is 1. The van der Waals surface area contributed by atoms with Crippen LogP contribution >= 0.6 is 11.6 Å². The molecule has 0 heterocycles. The molecule has 0 saturated carbocycles. The van der Waals surface area contributed by atoms with Crippen LogP contribution in [-0.2, 0) is 14.8 Å². The van der Waals surface area contributed by atoms with E-state index in [0.29, 0.717) is 5.02 Å². The summed E-state index contributed by atoms with van der Waals surface area (Å²) in [6.07, 6.45) is 3.15. The largest absolute Gasteiger partial charge is 0.295 e. The zero-order valence-corrected chi connectivity index (χ0v) is 18.0. The standard InChI is InChI=1S/C24H22ClNO3S/c1-18-7-15-23(16-8-18)30(28,29)26-24(20-5-3-2-4-6-20)17-22(27)14-11-19-9-12-21(25)13-10-19/h2-16,24,26H,17H2,1H3/b14-11+. The zero-order chi connectivity index (χ0) is 21.6. The van der Waals surface area contributed by atoms with Crippen molar-refractivity contribution >= 4 is 33.5 Å². The van der Waals surface area contributed by atoms with Crippen molar-refractivity contribution in [2.45, 2.75) is 24.3 Å². The first-order chi connectivity index (χ1) is 14.3. The molecular formula is C24H22ClNO3S. The first-order valence-electron chi connectivity index (χ1n) is 9.44. The predicted molar refractivity (Wildman–Crippen MR) is 121 cm³/mol. The van der Waals surface area contributed by atoms with Crippen LogP contribution in [0.3, 0.4) is 0 Å². The minimum absolute atomic E-state index is 0.000799. The third-order valence-corrected chi connectivity index (χ3v) is 6.31. The lowest BCUT2D eigenvalue weighted by Crippen LogP contribution is -2.30. The van der Waals surface area contributed by atoms with Gasteiger partial charge in [0.05, 0.1) is 10.9 Å². The van der Waals surface area contributed by atoms with E-state index in [4.69, 9.17) is 11.6 Å². The predicted octanol–water partition coefficient (Wildman–Crippen LogP) is 5.34. The zero-order valence-electron chi connectivity index (χ0n) is 16.5. The number of halogens is 1. The maximum atomic E-state index is 12.9. The molecule has 1 atom stereocenters. The van der Waals surface area contributed by atoms with Gasteiger partial charge < -0.3 is 0 Å². The fourth-order valence-corrected chi connectivity index (χ4v) is 4.27. The van der Waals surface area contributed by atoms with Crippen molar-refractivity contribution in [2.75, 3.05) is 0 Å². The van der Waals surface area contributed by atoms with E-state index in [1.165, 1.54) is 6.08 Å². The Morgan fingerprint density at radius 3 is 2.23 bits per heavy atom. The second kappa shape index (κ2) is 9.85. The quantitative estimate of drug-likeness (QED) is 0.482. The lowest BCUT2D eigenvalue weighted by Gasteiger charge is -2.18. The van der Waals surface area contributed by atoms with Crippen molar-refractivity contribution in [2.24, 2.45) is 0 Å². The fourth-order valence-electron chi connectivity index (χ4n) is 2.92. The topological polar surface area (TPSA) is 63.2 Å². The third-order valence-electron chi connectivity index (χ3n) is 4.57. The van der Waals surface area contributed by atoms with Gasteiger partial charge in [0.15, 0.2) is 5.78 Å². The summed E-state index contributed by atoms with van der Waals surface area (Å²) in [6, 6.07) is 22.1. The summed E-state index contributed by atoms with van der Waals surface area (Å²) in [5.74, 6) is -0.189. The van der Waals surface area contributed by atoms with Gasteiger partial charge in [-0.2, -0.15) is 0 Å². The van der Waals surface area contributed by atoms with Crippen LogP contribution in [0.1, 0.15) is 29.2 Å². The molecule has 154 valence electrons. The van der Waals surface area contributed by atoms with E-state index in [1.807, 2.05) is 25.1 Å². The number of allylic oxidation sites excluding steroid dienone is 1. The van der Waals surface area contributed by atoms with Gasteiger partial charge in [-0.15, -0.1) is 0 Å². The maximum Gasteiger partial charge on any atom is 0.241 e. The molecule has 3 aromatic carbocycles. The van der Waals surface area contributed by atoms with Gasteiger partial charge in [-0.05, 0) is 48.4 Å². The number of sulfonamides is 1. The molecule has 3 aromatic rings. The molecule has 0 aliphatic heterocycles. The molecule has 0 amide bonds. The van der Waals surface area contributed by atoms with Crippen LogP contribution in [0, 0.1) is 6.92 Å². The van der Waals surface area contributed by atoms with E-state index in [1.54, 1.807) is 66.7 Å².